The van der Waals surface area contributed by atoms with Crippen molar-refractivity contribution in [3.05, 3.63) is 52.0 Å². The molecule has 1 N–H and O–H groups in total. The Morgan fingerprint density at radius 2 is 2.20 bits per heavy atom. The van der Waals surface area contributed by atoms with Crippen LogP contribution in [0.3, 0.4) is 0 Å². The summed E-state index contributed by atoms with van der Waals surface area (Å²) in [7, 11) is 1.53. The second-order valence-corrected chi connectivity index (χ2v) is 4.00. The Hall–Kier alpha value is -2.90. The molecule has 0 aliphatic heterocycles. The van der Waals surface area contributed by atoms with Gasteiger partial charge in [-0.25, -0.2) is 14.3 Å². The number of benzene rings is 1. The number of imidazole rings is 1. The highest BCUT2D eigenvalue weighted by Gasteiger charge is 2.18. The number of ether oxygens (including phenoxy) is 1. The monoisotopic (exact) mass is 277 g/mol. The minimum Gasteiger partial charge on any atom is -0.449 e. The fraction of sp³-hybridized carbons (Fsp3) is 0.167. The van der Waals surface area contributed by atoms with Gasteiger partial charge in [-0.3, -0.25) is 0 Å². The number of aromatic nitrogens is 2. The summed E-state index contributed by atoms with van der Waals surface area (Å²) in [5.41, 5.74) is 0.582. The van der Waals surface area contributed by atoms with Crippen molar-refractivity contribution in [2.45, 2.75) is 6.42 Å². The van der Waals surface area contributed by atoms with Crippen molar-refractivity contribution in [3.63, 3.8) is 0 Å². The zero-order valence-electron chi connectivity index (χ0n) is 10.5. The van der Waals surface area contributed by atoms with E-state index in [-0.39, 0.29) is 18.0 Å². The summed E-state index contributed by atoms with van der Waals surface area (Å²) in [5.74, 6) is 0.500. The Morgan fingerprint density at radius 3 is 2.80 bits per heavy atom. The minimum absolute atomic E-state index is 0.128. The number of para-hydroxylation sites is 1. The topological polar surface area (TPSA) is 107 Å². The van der Waals surface area contributed by atoms with Gasteiger partial charge in [-0.1, -0.05) is 18.2 Å². The summed E-state index contributed by atoms with van der Waals surface area (Å²) in [6.45, 7) is 0. The third kappa shape index (κ3) is 2.74. The molecule has 0 amide bonds. The maximum Gasteiger partial charge on any atom is 0.511 e. The van der Waals surface area contributed by atoms with E-state index in [0.29, 0.717) is 11.4 Å². The van der Waals surface area contributed by atoms with Crippen molar-refractivity contribution in [2.75, 3.05) is 0 Å². The molecule has 0 atom stereocenters. The quantitative estimate of drug-likeness (QED) is 0.396. The van der Waals surface area contributed by atoms with Crippen LogP contribution in [-0.4, -0.2) is 25.7 Å². The number of carbonyl (C=O) groups is 1. The Kier molecular flexibility index (Phi) is 3.65. The van der Waals surface area contributed by atoms with Gasteiger partial charge in [-0.15, -0.1) is 0 Å². The van der Waals surface area contributed by atoms with Gasteiger partial charge in [0.05, 0.1) is 13.5 Å². The van der Waals surface area contributed by atoms with Crippen LogP contribution < -0.4 is 4.74 Å². The van der Waals surface area contributed by atoms with Crippen LogP contribution in [-0.2, 0) is 13.5 Å². The van der Waals surface area contributed by atoms with E-state index >= 15 is 0 Å². The molecule has 0 saturated heterocycles. The Morgan fingerprint density at radius 1 is 1.50 bits per heavy atom. The van der Waals surface area contributed by atoms with Crippen LogP contribution in [0.2, 0.25) is 0 Å². The molecular formula is C12H11N3O5. The summed E-state index contributed by atoms with van der Waals surface area (Å²) >= 11 is 0. The van der Waals surface area contributed by atoms with Gasteiger partial charge in [-0.2, -0.15) is 0 Å². The zero-order valence-corrected chi connectivity index (χ0v) is 10.5. The maximum absolute atomic E-state index is 10.7. The lowest BCUT2D eigenvalue weighted by Crippen LogP contribution is -2.07. The number of hydrogen-bond donors (Lipinski definition) is 1. The SMILES string of the molecule is Cn1c([N+](=O)[O-])cnc1Cc1ccccc1OC(=O)O. The molecule has 1 aromatic carbocycles. The molecule has 0 radical (unpaired) electrons. The molecular weight excluding hydrogens is 266 g/mol. The van der Waals surface area contributed by atoms with Crippen LogP contribution in [0, 0.1) is 10.1 Å². The van der Waals surface area contributed by atoms with E-state index in [1.165, 1.54) is 17.7 Å². The number of nitro groups is 1. The summed E-state index contributed by atoms with van der Waals surface area (Å²) in [6, 6.07) is 6.56. The predicted octanol–water partition coefficient (Wildman–Crippen LogP) is 1.98. The molecule has 1 heterocycles. The van der Waals surface area contributed by atoms with Crippen molar-refractivity contribution in [3.8, 4) is 5.75 Å². The van der Waals surface area contributed by atoms with Crippen LogP contribution in [0.1, 0.15) is 11.4 Å². The minimum atomic E-state index is -1.41. The molecule has 2 rings (SSSR count). The Bertz CT molecular complexity index is 665. The molecule has 8 nitrogen and oxygen atoms in total. The maximum atomic E-state index is 10.7. The largest absolute Gasteiger partial charge is 0.511 e. The third-order valence-electron chi connectivity index (χ3n) is 2.77. The molecule has 20 heavy (non-hydrogen) atoms. The molecule has 0 aliphatic rings. The number of rotatable bonds is 4. The standard InChI is InChI=1S/C12H11N3O5/c1-14-10(13-7-11(14)15(18)19)6-8-4-2-3-5-9(8)20-12(16)17/h2-5,7H,6H2,1H3,(H,16,17). The Balaban J connectivity index is 2.31. The summed E-state index contributed by atoms with van der Waals surface area (Å²) < 4.78 is 6.00. The van der Waals surface area contributed by atoms with Crippen molar-refractivity contribution < 1.29 is 19.6 Å². The van der Waals surface area contributed by atoms with Gasteiger partial charge in [0.2, 0.25) is 5.82 Å². The van der Waals surface area contributed by atoms with Crippen LogP contribution in [0.25, 0.3) is 0 Å². The molecule has 0 bridgehead atoms. The van der Waals surface area contributed by atoms with Gasteiger partial charge < -0.3 is 20.0 Å². The van der Waals surface area contributed by atoms with Gasteiger partial charge in [0, 0.05) is 5.56 Å². The first-order valence-electron chi connectivity index (χ1n) is 5.62. The number of nitrogens with zero attached hydrogens (tertiary/aromatic N) is 3. The summed E-state index contributed by atoms with van der Waals surface area (Å²) in [6.07, 6.45) is -0.0210. The lowest BCUT2D eigenvalue weighted by Gasteiger charge is -2.06. The van der Waals surface area contributed by atoms with E-state index in [1.54, 1.807) is 18.2 Å². The molecule has 0 saturated carbocycles. The molecule has 2 aromatic rings. The predicted molar refractivity (Wildman–Crippen MR) is 67.8 cm³/mol. The average Bonchev–Trinajstić information content (AvgIpc) is 2.73. The van der Waals surface area contributed by atoms with Crippen molar-refractivity contribution >= 4 is 12.0 Å². The summed E-state index contributed by atoms with van der Waals surface area (Å²) in [4.78, 5) is 24.8. The number of carboxylic acid groups (broad SMARTS) is 1. The van der Waals surface area contributed by atoms with E-state index in [4.69, 9.17) is 5.11 Å². The van der Waals surface area contributed by atoms with Gasteiger partial charge in [0.15, 0.2) is 0 Å². The second kappa shape index (κ2) is 5.39. The smallest absolute Gasteiger partial charge is 0.449 e. The molecule has 8 heteroatoms. The first-order chi connectivity index (χ1) is 9.49. The second-order valence-electron chi connectivity index (χ2n) is 4.00. The highest BCUT2D eigenvalue weighted by Crippen LogP contribution is 2.22. The van der Waals surface area contributed by atoms with E-state index < -0.39 is 11.1 Å². The Labute approximate surface area is 113 Å². The lowest BCUT2D eigenvalue weighted by molar-refractivity contribution is -0.391. The van der Waals surface area contributed by atoms with E-state index in [2.05, 4.69) is 9.72 Å². The van der Waals surface area contributed by atoms with Crippen molar-refractivity contribution in [1.82, 2.24) is 9.55 Å². The first kappa shape index (κ1) is 13.5. The molecule has 1 aromatic heterocycles. The molecule has 0 fully saturated rings. The highest BCUT2D eigenvalue weighted by molar-refractivity contribution is 5.62. The third-order valence-corrected chi connectivity index (χ3v) is 2.77. The van der Waals surface area contributed by atoms with Crippen LogP contribution >= 0.6 is 0 Å². The van der Waals surface area contributed by atoms with Crippen molar-refractivity contribution in [2.24, 2.45) is 7.05 Å². The van der Waals surface area contributed by atoms with Gasteiger partial charge in [-0.05, 0) is 11.0 Å². The molecule has 0 unspecified atom stereocenters. The first-order valence-corrected chi connectivity index (χ1v) is 5.62. The lowest BCUT2D eigenvalue weighted by atomic mass is 10.1. The van der Waals surface area contributed by atoms with Crippen LogP contribution in [0.5, 0.6) is 5.75 Å². The molecule has 0 aliphatic carbocycles. The number of hydrogen-bond acceptors (Lipinski definition) is 5. The zero-order chi connectivity index (χ0) is 14.7. The van der Waals surface area contributed by atoms with E-state index in [0.717, 1.165) is 6.20 Å². The van der Waals surface area contributed by atoms with Crippen molar-refractivity contribution in [1.29, 1.82) is 0 Å². The van der Waals surface area contributed by atoms with Gasteiger partial charge in [0.1, 0.15) is 11.9 Å². The van der Waals surface area contributed by atoms with Gasteiger partial charge in [0.25, 0.3) is 0 Å². The van der Waals surface area contributed by atoms with E-state index in [1.807, 2.05) is 0 Å². The molecule has 104 valence electrons. The molecule has 0 spiro atoms. The fourth-order valence-corrected chi connectivity index (χ4v) is 1.79. The van der Waals surface area contributed by atoms with E-state index in [9.17, 15) is 14.9 Å². The summed E-state index contributed by atoms with van der Waals surface area (Å²) in [5, 5.41) is 19.4. The normalized spacial score (nSPS) is 10.2. The highest BCUT2D eigenvalue weighted by atomic mass is 16.7. The van der Waals surface area contributed by atoms with Crippen LogP contribution in [0.15, 0.2) is 30.5 Å². The van der Waals surface area contributed by atoms with Gasteiger partial charge >= 0.3 is 12.0 Å². The average molecular weight is 277 g/mol. The fourth-order valence-electron chi connectivity index (χ4n) is 1.79. The van der Waals surface area contributed by atoms with Crippen LogP contribution in [0.4, 0.5) is 10.6 Å².